The summed E-state index contributed by atoms with van der Waals surface area (Å²) in [5.74, 6) is -9.17. The Hall–Kier alpha value is -6.96. The summed E-state index contributed by atoms with van der Waals surface area (Å²) in [7, 11) is 1.42. The number of aromatic hydroxyl groups is 3. The summed E-state index contributed by atoms with van der Waals surface area (Å²) in [5.41, 5.74) is 5.55. The number of Topliss-reactive ketones (excluding diaryl/α,β-unsaturated/α-hetero) is 1. The molecule has 2 aromatic carbocycles. The Balaban J connectivity index is 1.15. The number of aliphatic hydroxyl groups excluding tert-OH is 2. The van der Waals surface area contributed by atoms with Crippen molar-refractivity contribution >= 4 is 51.5 Å². The van der Waals surface area contributed by atoms with Crippen LogP contribution in [0.25, 0.3) is 16.3 Å². The van der Waals surface area contributed by atoms with Gasteiger partial charge in [-0.3, -0.25) is 23.6 Å². The van der Waals surface area contributed by atoms with Crippen LogP contribution < -0.4 is 25.9 Å². The minimum Gasteiger partial charge on any atom is -0.507 e. The van der Waals surface area contributed by atoms with Crippen LogP contribution >= 0.6 is 0 Å². The molecule has 10 atom stereocenters. The normalized spacial score (nSPS) is 29.1. The number of nitrogens with one attached hydrogen (secondary N) is 2. The quantitative estimate of drug-likeness (QED) is 0.0298. The number of phenolic OH excluding ortho intramolecular Hbond substituents is 3. The fourth-order valence-corrected chi connectivity index (χ4v) is 11.2. The first-order valence-electron chi connectivity index (χ1n) is 25.9. The van der Waals surface area contributed by atoms with E-state index in [-0.39, 0.29) is 62.5 Å². The molecule has 1 aliphatic carbocycles. The Labute approximate surface area is 440 Å². The van der Waals surface area contributed by atoms with Crippen molar-refractivity contribution in [2.75, 3.05) is 37.0 Å². The monoisotopic (exact) mass is 1050 g/mol. The van der Waals surface area contributed by atoms with Crippen molar-refractivity contribution in [2.45, 2.75) is 125 Å². The van der Waals surface area contributed by atoms with Crippen molar-refractivity contribution in [3.8, 4) is 23.0 Å². The van der Waals surface area contributed by atoms with Crippen molar-refractivity contribution in [1.82, 2.24) is 9.83 Å². The Morgan fingerprint density at radius 3 is 2.34 bits per heavy atom. The molecule has 4 aliphatic heterocycles. The van der Waals surface area contributed by atoms with Gasteiger partial charge in [-0.05, 0) is 82.1 Å². The molecule has 6 heterocycles. The van der Waals surface area contributed by atoms with Gasteiger partial charge in [0.15, 0.2) is 11.6 Å². The number of esters is 1. The van der Waals surface area contributed by atoms with Crippen LogP contribution in [0.1, 0.15) is 112 Å². The SMILES string of the molecule is CO[C@H]1/C=C/O[C@@]2(C)Oc3c(C)c(O)c4c(O)c(c(/C=N/NCC5CCN(c6c(F)cn7c(=O)c(C)cc(C8CC8)c7c6C)C5)c(O)c4c3C2=O)NC(=O)/C(C)=C\C=C\[C@H](C)[C@H](O)[C@@H](C)[C@@H](O)[C@@H](C)[C@H](OC(C)=O)[C@@H]1C. The summed E-state index contributed by atoms with van der Waals surface area (Å²) >= 11 is 0. The highest BCUT2D eigenvalue weighted by molar-refractivity contribution is 6.24. The Morgan fingerprint density at radius 1 is 0.961 bits per heavy atom. The van der Waals surface area contributed by atoms with Crippen LogP contribution in [-0.4, -0.2) is 111 Å². The molecule has 5 bridgehead atoms. The molecule has 19 heteroatoms. The van der Waals surface area contributed by atoms with E-state index in [1.807, 2.05) is 17.9 Å². The predicted molar refractivity (Wildman–Crippen MR) is 285 cm³/mol. The highest BCUT2D eigenvalue weighted by Crippen LogP contribution is 2.55. The molecule has 7 N–H and O–H groups in total. The van der Waals surface area contributed by atoms with E-state index >= 15 is 4.39 Å². The number of allylic oxidation sites excluding steroid dienone is 2. The number of hydrazone groups is 1. The van der Waals surface area contributed by atoms with E-state index in [2.05, 4.69) is 15.8 Å². The lowest BCUT2D eigenvalue weighted by atomic mass is 9.78. The molecular formula is C57H70FN5O13. The van der Waals surface area contributed by atoms with Gasteiger partial charge >= 0.3 is 11.8 Å². The first-order chi connectivity index (χ1) is 35.9. The number of ketones is 1. The van der Waals surface area contributed by atoms with Gasteiger partial charge in [0, 0.05) is 86.3 Å². The van der Waals surface area contributed by atoms with Crippen LogP contribution in [0.15, 0.2) is 58.3 Å². The fourth-order valence-electron chi connectivity index (χ4n) is 11.2. The molecule has 5 aliphatic rings. The zero-order chi connectivity index (χ0) is 55.4. The molecule has 76 heavy (non-hydrogen) atoms. The maximum atomic E-state index is 16.0. The summed E-state index contributed by atoms with van der Waals surface area (Å²) < 4.78 is 41.2. The number of fused-ring (bicyclic) bond motifs is 15. The maximum Gasteiger partial charge on any atom is 0.312 e. The number of halogens is 1. The number of carbonyl (C=O) groups excluding carboxylic acids is 3. The van der Waals surface area contributed by atoms with Crippen molar-refractivity contribution in [2.24, 2.45) is 34.7 Å². The summed E-state index contributed by atoms with van der Waals surface area (Å²) in [4.78, 5) is 56.2. The standard InChI is InChI=1S/C57H70FN5O13/c1-26-13-12-14-27(2)55(71)61-44-38(23-60-59-22-35-17-19-62(24-35)46-30(5)45-37(36-15-16-36)21-28(3)56(72)63(45)25-39(46)58)50(68)41-42(51(44)69)49(67)33(8)53-43(41)54(70)57(10,76-53)74-20-18-40(73-11)29(4)52(75-34(9)64)32(7)48(66)31(6)47(26)65/h12-14,18,20-21,23,25-26,29,31-32,35-36,40,47-48,52,59,65-69H,15-17,19,22,24H2,1-11H3,(H,61,71)/b13-12+,20-18+,27-14-,60-23+/t26-,29+,31+,32+,35?,40-,47-,48+,52+,57-/m0/s1. The van der Waals surface area contributed by atoms with E-state index in [1.165, 1.54) is 70.0 Å². The second-order valence-corrected chi connectivity index (χ2v) is 21.4. The second-order valence-electron chi connectivity index (χ2n) is 21.4. The lowest BCUT2D eigenvalue weighted by molar-refractivity contribution is -0.160. The number of pyridine rings is 2. The van der Waals surface area contributed by atoms with Crippen LogP contribution in [0.5, 0.6) is 23.0 Å². The largest absolute Gasteiger partial charge is 0.507 e. The summed E-state index contributed by atoms with van der Waals surface area (Å²) in [6.45, 7) is 17.3. The van der Waals surface area contributed by atoms with Gasteiger partial charge in [-0.25, -0.2) is 4.39 Å². The molecule has 1 amide bonds. The van der Waals surface area contributed by atoms with Crippen LogP contribution in [0, 0.1) is 56.2 Å². The summed E-state index contributed by atoms with van der Waals surface area (Å²) in [6.07, 6.45) is 8.45. The van der Waals surface area contributed by atoms with Crippen LogP contribution in [0.2, 0.25) is 0 Å². The number of anilines is 2. The van der Waals surface area contributed by atoms with E-state index in [9.17, 15) is 44.7 Å². The minimum absolute atomic E-state index is 0.0105. The third-order valence-corrected chi connectivity index (χ3v) is 15.9. The Kier molecular flexibility index (Phi) is 15.7. The average molecular weight is 1050 g/mol. The molecule has 2 fully saturated rings. The number of aromatic nitrogens is 1. The van der Waals surface area contributed by atoms with E-state index < -0.39 is 94.6 Å². The van der Waals surface area contributed by atoms with Gasteiger partial charge in [-0.15, -0.1) is 0 Å². The highest BCUT2D eigenvalue weighted by atomic mass is 19.1. The molecule has 1 saturated carbocycles. The first-order valence-corrected chi connectivity index (χ1v) is 25.9. The number of methoxy groups -OCH3 is 1. The van der Waals surface area contributed by atoms with E-state index in [4.69, 9.17) is 18.9 Å². The number of ether oxygens (including phenoxy) is 4. The lowest BCUT2D eigenvalue weighted by Crippen LogP contribution is -2.46. The molecule has 0 radical (unpaired) electrons. The lowest BCUT2D eigenvalue weighted by Gasteiger charge is -2.38. The number of hydrogen-bond acceptors (Lipinski definition) is 16. The number of nitrogens with zero attached hydrogens (tertiary/aromatic N) is 3. The van der Waals surface area contributed by atoms with Gasteiger partial charge in [0.05, 0.1) is 70.4 Å². The van der Waals surface area contributed by atoms with E-state index in [0.29, 0.717) is 42.2 Å². The second kappa shape index (κ2) is 21.6. The molecule has 0 spiro atoms. The number of carbonyl (C=O) groups is 3. The van der Waals surface area contributed by atoms with Gasteiger partial charge in [0.1, 0.15) is 23.4 Å². The molecule has 18 nitrogen and oxygen atoms in total. The maximum absolute atomic E-state index is 16.0. The number of hydrogen-bond donors (Lipinski definition) is 7. The van der Waals surface area contributed by atoms with Crippen molar-refractivity contribution < 1.29 is 63.3 Å². The van der Waals surface area contributed by atoms with Crippen LogP contribution in [0.4, 0.5) is 15.8 Å². The molecule has 1 saturated heterocycles. The Bertz CT molecular complexity index is 3180. The number of benzene rings is 2. The van der Waals surface area contributed by atoms with Crippen molar-refractivity contribution in [1.29, 1.82) is 0 Å². The Morgan fingerprint density at radius 2 is 1.67 bits per heavy atom. The van der Waals surface area contributed by atoms with Gasteiger partial charge < -0.3 is 60.1 Å². The fraction of sp³-hybridized carbons (Fsp3) is 0.491. The number of rotatable bonds is 8. The minimum atomic E-state index is -2.11. The van der Waals surface area contributed by atoms with Gasteiger partial charge in [0.2, 0.25) is 0 Å². The smallest absolute Gasteiger partial charge is 0.312 e. The molecular weight excluding hydrogens is 982 g/mol. The zero-order valence-corrected chi connectivity index (χ0v) is 44.9. The number of aliphatic hydroxyl groups is 2. The van der Waals surface area contributed by atoms with E-state index in [0.717, 1.165) is 23.9 Å². The first kappa shape index (κ1) is 55.3. The topological polar surface area (TPSA) is 250 Å². The highest BCUT2D eigenvalue weighted by Gasteiger charge is 2.50. The van der Waals surface area contributed by atoms with Crippen LogP contribution in [0.3, 0.4) is 0 Å². The average Bonchev–Trinajstić information content (AvgIpc) is 4.14. The van der Waals surface area contributed by atoms with Gasteiger partial charge in [0.25, 0.3) is 17.2 Å². The van der Waals surface area contributed by atoms with Gasteiger partial charge in [-0.1, -0.05) is 45.9 Å². The van der Waals surface area contributed by atoms with Crippen molar-refractivity contribution in [3.63, 3.8) is 0 Å². The third kappa shape index (κ3) is 10.1. The number of amides is 1. The summed E-state index contributed by atoms with van der Waals surface area (Å²) in [5, 5.41) is 65.7. The molecule has 9 rings (SSSR count). The zero-order valence-electron chi connectivity index (χ0n) is 44.9. The van der Waals surface area contributed by atoms with E-state index in [1.54, 1.807) is 46.8 Å². The number of phenols is 3. The van der Waals surface area contributed by atoms with Crippen LogP contribution in [-0.2, 0) is 23.8 Å². The van der Waals surface area contributed by atoms with Crippen molar-refractivity contribution in [3.05, 3.63) is 98.0 Å². The molecule has 4 aromatic rings. The molecule has 2 aromatic heterocycles. The molecule has 1 unspecified atom stereocenters. The predicted octanol–water partition coefficient (Wildman–Crippen LogP) is 7.45. The third-order valence-electron chi connectivity index (χ3n) is 15.9. The van der Waals surface area contributed by atoms with Gasteiger partial charge in [-0.2, -0.15) is 5.10 Å². The number of aryl methyl sites for hydroxylation is 2. The summed E-state index contributed by atoms with van der Waals surface area (Å²) in [6, 6.07) is 1.93. The molecule has 408 valence electrons.